The Labute approximate surface area is 93.1 Å². The van der Waals surface area contributed by atoms with Gasteiger partial charge >= 0.3 is 16.5 Å². The van der Waals surface area contributed by atoms with E-state index in [2.05, 4.69) is 4.98 Å². The molecule has 16 heavy (non-hydrogen) atoms. The maximum absolute atomic E-state index is 12.3. The van der Waals surface area contributed by atoms with Crippen molar-refractivity contribution in [3.63, 3.8) is 0 Å². The number of aromatic nitrogens is 1. The van der Waals surface area contributed by atoms with Gasteiger partial charge in [-0.3, -0.25) is 4.55 Å². The molecule has 0 bridgehead atoms. The van der Waals surface area contributed by atoms with Crippen molar-refractivity contribution in [2.24, 2.45) is 0 Å². The van der Waals surface area contributed by atoms with E-state index >= 15 is 0 Å². The van der Waals surface area contributed by atoms with Gasteiger partial charge in [0.1, 0.15) is 11.0 Å². The Hall–Kier alpha value is -1.06. The molecule has 0 fully saturated rings. The lowest BCUT2D eigenvalue weighted by molar-refractivity contribution is -0.137. The van der Waals surface area contributed by atoms with Crippen LogP contribution in [-0.4, -0.2) is 18.0 Å². The van der Waals surface area contributed by atoms with Crippen molar-refractivity contribution in [3.05, 3.63) is 22.8 Å². The number of hydrogen-bond acceptors (Lipinski definition) is 3. The fraction of sp³-hybridized carbons (Fsp3) is 0.167. The highest BCUT2D eigenvalue weighted by atomic mass is 35.5. The van der Waals surface area contributed by atoms with Crippen LogP contribution in [0.4, 0.5) is 19.0 Å². The van der Waals surface area contributed by atoms with Crippen LogP contribution >= 0.6 is 11.6 Å². The lowest BCUT2D eigenvalue weighted by atomic mass is 10.2. The molecule has 5 nitrogen and oxygen atoms in total. The van der Waals surface area contributed by atoms with Crippen molar-refractivity contribution in [3.8, 4) is 0 Å². The van der Waals surface area contributed by atoms with Gasteiger partial charge in [-0.2, -0.15) is 21.6 Å². The van der Waals surface area contributed by atoms with E-state index in [1.54, 1.807) is 0 Å². The molecule has 10 heteroatoms. The average Bonchev–Trinajstić information content (AvgIpc) is 1.97. The lowest BCUT2D eigenvalue weighted by Crippen LogP contribution is -2.13. The van der Waals surface area contributed by atoms with E-state index in [9.17, 15) is 21.6 Å². The molecule has 0 unspecified atom stereocenters. The topological polar surface area (TPSA) is 79.3 Å². The number of rotatable bonds is 2. The average molecular weight is 277 g/mol. The third-order valence-electron chi connectivity index (χ3n) is 1.35. The highest BCUT2D eigenvalue weighted by Crippen LogP contribution is 2.31. The molecule has 1 rings (SSSR count). The molecule has 1 aromatic heterocycles. The molecule has 0 saturated carbocycles. The van der Waals surface area contributed by atoms with E-state index in [1.807, 2.05) is 0 Å². The van der Waals surface area contributed by atoms with Crippen LogP contribution < -0.4 is 4.72 Å². The number of pyridine rings is 1. The molecule has 0 aliphatic rings. The van der Waals surface area contributed by atoms with Crippen molar-refractivity contribution >= 4 is 27.7 Å². The Balaban J connectivity index is 3.19. The van der Waals surface area contributed by atoms with Crippen LogP contribution in [0, 0.1) is 0 Å². The zero-order chi connectivity index (χ0) is 12.6. The molecule has 0 atom stereocenters. The first-order chi connectivity index (χ1) is 7.08. The first kappa shape index (κ1) is 13.0. The van der Waals surface area contributed by atoms with Crippen LogP contribution in [0.3, 0.4) is 0 Å². The molecule has 0 amide bonds. The predicted molar refractivity (Wildman–Crippen MR) is 49.4 cm³/mol. The summed E-state index contributed by atoms with van der Waals surface area (Å²) >= 11 is 5.26. The van der Waals surface area contributed by atoms with E-state index in [0.717, 1.165) is 0 Å². The Bertz CT molecular complexity index is 502. The maximum Gasteiger partial charge on any atom is 0.416 e. The van der Waals surface area contributed by atoms with Crippen molar-refractivity contribution in [1.82, 2.24) is 4.98 Å². The summed E-state index contributed by atoms with van der Waals surface area (Å²) in [6.45, 7) is 0. The smallest absolute Gasteiger partial charge is 0.269 e. The van der Waals surface area contributed by atoms with Crippen molar-refractivity contribution in [2.45, 2.75) is 6.18 Å². The van der Waals surface area contributed by atoms with Crippen LogP contribution in [0.2, 0.25) is 5.15 Å². The highest BCUT2D eigenvalue weighted by Gasteiger charge is 2.31. The van der Waals surface area contributed by atoms with Gasteiger partial charge in [-0.25, -0.2) is 9.71 Å². The van der Waals surface area contributed by atoms with Gasteiger partial charge in [-0.05, 0) is 12.1 Å². The normalized spacial score (nSPS) is 12.6. The molecule has 90 valence electrons. The van der Waals surface area contributed by atoms with E-state index < -0.39 is 33.0 Å². The van der Waals surface area contributed by atoms with Gasteiger partial charge in [0.2, 0.25) is 0 Å². The molecule has 1 aromatic rings. The fourth-order valence-corrected chi connectivity index (χ4v) is 1.42. The second kappa shape index (κ2) is 4.07. The summed E-state index contributed by atoms with van der Waals surface area (Å²) in [5, 5.41) is -0.555. The van der Waals surface area contributed by atoms with Gasteiger partial charge in [-0.15, -0.1) is 0 Å². The standard InChI is InChI=1S/C6H4ClF3N2O3S/c7-4-1-3(6(8,9)10)2-5(11-4)12-16(13,14)15/h1-2H,(H,11,12)(H,13,14,15). The largest absolute Gasteiger partial charge is 0.416 e. The molecular formula is C6H4ClF3N2O3S. The fourth-order valence-electron chi connectivity index (χ4n) is 0.845. The molecular weight excluding hydrogens is 273 g/mol. The number of halogens is 4. The van der Waals surface area contributed by atoms with Crippen LogP contribution in [0.5, 0.6) is 0 Å². The molecule has 2 N–H and O–H groups in total. The third kappa shape index (κ3) is 3.83. The molecule has 0 aliphatic heterocycles. The number of alkyl halides is 3. The lowest BCUT2D eigenvalue weighted by Gasteiger charge is -2.09. The summed E-state index contributed by atoms with van der Waals surface area (Å²) < 4.78 is 67.2. The minimum absolute atomic E-state index is 0.402. The van der Waals surface area contributed by atoms with Crippen LogP contribution in [0.1, 0.15) is 5.56 Å². The minimum Gasteiger partial charge on any atom is -0.269 e. The molecule has 0 radical (unpaired) electrons. The van der Waals surface area contributed by atoms with E-state index in [4.69, 9.17) is 16.2 Å². The molecule has 0 spiro atoms. The monoisotopic (exact) mass is 276 g/mol. The van der Waals surface area contributed by atoms with Gasteiger partial charge in [0.25, 0.3) is 0 Å². The summed E-state index contributed by atoms with van der Waals surface area (Å²) in [4.78, 5) is 3.25. The van der Waals surface area contributed by atoms with Crippen LogP contribution in [-0.2, 0) is 16.5 Å². The number of nitrogens with zero attached hydrogens (tertiary/aromatic N) is 1. The van der Waals surface area contributed by atoms with Crippen molar-refractivity contribution in [2.75, 3.05) is 4.72 Å². The minimum atomic E-state index is -4.69. The summed E-state index contributed by atoms with van der Waals surface area (Å²) in [5.41, 5.74) is -1.18. The van der Waals surface area contributed by atoms with Crippen LogP contribution in [0.15, 0.2) is 12.1 Å². The molecule has 0 aliphatic carbocycles. The van der Waals surface area contributed by atoms with Gasteiger partial charge in [0.05, 0.1) is 5.56 Å². The second-order valence-corrected chi connectivity index (χ2v) is 4.18. The molecule has 1 heterocycles. The van der Waals surface area contributed by atoms with E-state index in [1.165, 1.54) is 4.72 Å². The highest BCUT2D eigenvalue weighted by molar-refractivity contribution is 7.87. The quantitative estimate of drug-likeness (QED) is 0.639. The predicted octanol–water partition coefficient (Wildman–Crippen LogP) is 1.97. The van der Waals surface area contributed by atoms with E-state index in [-0.39, 0.29) is 0 Å². The SMILES string of the molecule is O=S(=O)(O)Nc1cc(C(F)(F)F)cc(Cl)n1. The number of anilines is 1. The number of nitrogens with one attached hydrogen (secondary N) is 1. The Morgan fingerprint density at radius 2 is 1.94 bits per heavy atom. The number of hydrogen-bond donors (Lipinski definition) is 2. The zero-order valence-electron chi connectivity index (χ0n) is 7.29. The van der Waals surface area contributed by atoms with Crippen molar-refractivity contribution < 1.29 is 26.1 Å². The summed E-state index contributed by atoms with van der Waals surface area (Å²) in [6.07, 6.45) is -4.69. The summed E-state index contributed by atoms with van der Waals surface area (Å²) in [7, 11) is -4.69. The third-order valence-corrected chi connectivity index (χ3v) is 2.02. The van der Waals surface area contributed by atoms with Gasteiger partial charge in [-0.1, -0.05) is 11.6 Å². The van der Waals surface area contributed by atoms with Crippen molar-refractivity contribution in [1.29, 1.82) is 0 Å². The second-order valence-electron chi connectivity index (χ2n) is 2.64. The van der Waals surface area contributed by atoms with Gasteiger partial charge < -0.3 is 0 Å². The Morgan fingerprint density at radius 3 is 2.38 bits per heavy atom. The first-order valence-electron chi connectivity index (χ1n) is 3.58. The Morgan fingerprint density at radius 1 is 1.38 bits per heavy atom. The summed E-state index contributed by atoms with van der Waals surface area (Å²) in [6, 6.07) is 0.927. The van der Waals surface area contributed by atoms with Gasteiger partial charge in [0.15, 0.2) is 0 Å². The first-order valence-corrected chi connectivity index (χ1v) is 5.40. The summed E-state index contributed by atoms with van der Waals surface area (Å²) in [5.74, 6) is -0.720. The molecule has 0 saturated heterocycles. The molecule has 0 aromatic carbocycles. The Kier molecular flexibility index (Phi) is 3.31. The maximum atomic E-state index is 12.3. The van der Waals surface area contributed by atoms with E-state index in [0.29, 0.717) is 12.1 Å². The van der Waals surface area contributed by atoms with Crippen LogP contribution in [0.25, 0.3) is 0 Å². The van der Waals surface area contributed by atoms with Gasteiger partial charge in [0, 0.05) is 0 Å². The zero-order valence-corrected chi connectivity index (χ0v) is 8.86.